The fourth-order valence-electron chi connectivity index (χ4n) is 3.20. The van der Waals surface area contributed by atoms with Crippen molar-refractivity contribution in [3.8, 4) is 0 Å². The summed E-state index contributed by atoms with van der Waals surface area (Å²) in [5, 5.41) is 24.5. The molecule has 3 rings (SSSR count). The van der Waals surface area contributed by atoms with Crippen LogP contribution in [0.4, 0.5) is 0 Å². The molecule has 1 amide bonds. The Morgan fingerprint density at radius 2 is 2.08 bits per heavy atom. The van der Waals surface area contributed by atoms with Gasteiger partial charge in [-0.25, -0.2) is 4.68 Å². The van der Waals surface area contributed by atoms with E-state index >= 15 is 0 Å². The largest absolute Gasteiger partial charge is 0.388 e. The summed E-state index contributed by atoms with van der Waals surface area (Å²) in [7, 11) is 0. The third-order valence-electron chi connectivity index (χ3n) is 4.68. The summed E-state index contributed by atoms with van der Waals surface area (Å²) in [6, 6.07) is 9.74. The number of aromatic nitrogens is 3. The summed E-state index contributed by atoms with van der Waals surface area (Å²) in [5.41, 5.74) is 2.02. The molecule has 0 spiro atoms. The molecule has 0 radical (unpaired) electrons. The van der Waals surface area contributed by atoms with Crippen molar-refractivity contribution in [2.24, 2.45) is 0 Å². The molecular weight excluding hydrogens is 318 g/mol. The SMILES string of the molecule is Cc1c(C(=O)NCCC(O)c2ccccc2)nnn1C1CCNCC1. The van der Waals surface area contributed by atoms with E-state index in [0.717, 1.165) is 37.2 Å². The Kier molecular flexibility index (Phi) is 5.78. The molecule has 1 aromatic carbocycles. The number of carbonyl (C=O) groups is 1. The third kappa shape index (κ3) is 4.24. The van der Waals surface area contributed by atoms with Gasteiger partial charge < -0.3 is 15.7 Å². The lowest BCUT2D eigenvalue weighted by molar-refractivity contribution is 0.0937. The zero-order chi connectivity index (χ0) is 17.6. The summed E-state index contributed by atoms with van der Waals surface area (Å²) in [4.78, 5) is 12.4. The lowest BCUT2D eigenvalue weighted by atomic mass is 10.1. The Morgan fingerprint density at radius 1 is 1.36 bits per heavy atom. The van der Waals surface area contributed by atoms with E-state index in [-0.39, 0.29) is 5.91 Å². The van der Waals surface area contributed by atoms with E-state index in [4.69, 9.17) is 0 Å². The van der Waals surface area contributed by atoms with Gasteiger partial charge in [-0.1, -0.05) is 35.5 Å². The smallest absolute Gasteiger partial charge is 0.273 e. The van der Waals surface area contributed by atoms with Gasteiger partial charge in [-0.15, -0.1) is 5.10 Å². The number of hydrogen-bond donors (Lipinski definition) is 3. The van der Waals surface area contributed by atoms with Crippen LogP contribution in [0.25, 0.3) is 0 Å². The van der Waals surface area contributed by atoms with Crippen LogP contribution < -0.4 is 10.6 Å². The average Bonchev–Trinajstić information content (AvgIpc) is 3.04. The lowest BCUT2D eigenvalue weighted by Crippen LogP contribution is -2.30. The van der Waals surface area contributed by atoms with Gasteiger partial charge in [0, 0.05) is 6.54 Å². The maximum atomic E-state index is 12.4. The number of rotatable bonds is 6. The van der Waals surface area contributed by atoms with Gasteiger partial charge in [-0.3, -0.25) is 4.79 Å². The third-order valence-corrected chi connectivity index (χ3v) is 4.68. The number of aliphatic hydroxyl groups excluding tert-OH is 1. The van der Waals surface area contributed by atoms with Crippen molar-refractivity contribution >= 4 is 5.91 Å². The highest BCUT2D eigenvalue weighted by Gasteiger charge is 2.22. The maximum absolute atomic E-state index is 12.4. The van der Waals surface area contributed by atoms with Crippen molar-refractivity contribution in [3.05, 3.63) is 47.3 Å². The van der Waals surface area contributed by atoms with Gasteiger partial charge in [0.25, 0.3) is 5.91 Å². The van der Waals surface area contributed by atoms with E-state index in [0.29, 0.717) is 24.7 Å². The molecule has 2 aromatic rings. The van der Waals surface area contributed by atoms with Gasteiger partial charge in [-0.05, 0) is 44.8 Å². The Hall–Kier alpha value is -2.25. The first-order valence-electron chi connectivity index (χ1n) is 8.80. The first-order chi connectivity index (χ1) is 12.2. The minimum Gasteiger partial charge on any atom is -0.388 e. The van der Waals surface area contributed by atoms with Crippen molar-refractivity contribution < 1.29 is 9.90 Å². The molecule has 25 heavy (non-hydrogen) atoms. The van der Waals surface area contributed by atoms with Crippen LogP contribution >= 0.6 is 0 Å². The molecule has 1 saturated heterocycles. The van der Waals surface area contributed by atoms with Gasteiger partial charge in [0.15, 0.2) is 5.69 Å². The second-order valence-corrected chi connectivity index (χ2v) is 6.42. The predicted octanol–water partition coefficient (Wildman–Crippen LogP) is 1.36. The molecule has 0 saturated carbocycles. The number of carbonyl (C=O) groups excluding carboxylic acids is 1. The molecule has 7 heteroatoms. The predicted molar refractivity (Wildman–Crippen MR) is 94.3 cm³/mol. The van der Waals surface area contributed by atoms with Crippen LogP contribution in [0.2, 0.25) is 0 Å². The first kappa shape index (κ1) is 17.6. The highest BCUT2D eigenvalue weighted by Crippen LogP contribution is 2.20. The quantitative estimate of drug-likeness (QED) is 0.737. The van der Waals surface area contributed by atoms with Crippen LogP contribution in [0.15, 0.2) is 30.3 Å². The fraction of sp³-hybridized carbons (Fsp3) is 0.500. The van der Waals surface area contributed by atoms with Crippen molar-refractivity contribution in [2.75, 3.05) is 19.6 Å². The van der Waals surface area contributed by atoms with Gasteiger partial charge in [0.05, 0.1) is 17.8 Å². The molecule has 0 aliphatic carbocycles. The molecule has 7 nitrogen and oxygen atoms in total. The number of hydrogen-bond acceptors (Lipinski definition) is 5. The van der Waals surface area contributed by atoms with Crippen molar-refractivity contribution in [1.29, 1.82) is 0 Å². The van der Waals surface area contributed by atoms with Crippen LogP contribution in [0.3, 0.4) is 0 Å². The maximum Gasteiger partial charge on any atom is 0.273 e. The van der Waals surface area contributed by atoms with E-state index < -0.39 is 6.10 Å². The molecule has 1 fully saturated rings. The number of nitrogens with zero attached hydrogens (tertiary/aromatic N) is 3. The van der Waals surface area contributed by atoms with Gasteiger partial charge in [0.2, 0.25) is 0 Å². The monoisotopic (exact) mass is 343 g/mol. The van der Waals surface area contributed by atoms with Crippen molar-refractivity contribution in [3.63, 3.8) is 0 Å². The molecule has 2 heterocycles. The van der Waals surface area contributed by atoms with E-state index in [1.54, 1.807) is 0 Å². The number of benzene rings is 1. The summed E-state index contributed by atoms with van der Waals surface area (Å²) in [5.74, 6) is -0.238. The standard InChI is InChI=1S/C18H25N5O2/c1-13-17(21-22-23(13)15-7-10-19-11-8-15)18(25)20-12-9-16(24)14-5-3-2-4-6-14/h2-6,15-16,19,24H,7-12H2,1H3,(H,20,25). The number of nitrogens with one attached hydrogen (secondary N) is 2. The normalized spacial score (nSPS) is 16.6. The zero-order valence-corrected chi connectivity index (χ0v) is 14.5. The van der Waals surface area contributed by atoms with Crippen LogP contribution in [-0.2, 0) is 0 Å². The van der Waals surface area contributed by atoms with Gasteiger partial charge in [-0.2, -0.15) is 0 Å². The van der Waals surface area contributed by atoms with Crippen LogP contribution in [0, 0.1) is 6.92 Å². The van der Waals surface area contributed by atoms with Gasteiger partial charge >= 0.3 is 0 Å². The van der Waals surface area contributed by atoms with Gasteiger partial charge in [0.1, 0.15) is 0 Å². The second-order valence-electron chi connectivity index (χ2n) is 6.42. The van der Waals surface area contributed by atoms with Crippen LogP contribution in [0.5, 0.6) is 0 Å². The topological polar surface area (TPSA) is 92.1 Å². The number of aliphatic hydroxyl groups is 1. The van der Waals surface area contributed by atoms with Crippen LogP contribution in [-0.4, -0.2) is 45.6 Å². The fourth-order valence-corrected chi connectivity index (χ4v) is 3.20. The molecule has 1 atom stereocenters. The minimum atomic E-state index is -0.590. The highest BCUT2D eigenvalue weighted by atomic mass is 16.3. The Bertz CT molecular complexity index is 695. The molecule has 134 valence electrons. The Labute approximate surface area is 147 Å². The summed E-state index contributed by atoms with van der Waals surface area (Å²) < 4.78 is 1.87. The van der Waals surface area contributed by atoms with Crippen molar-refractivity contribution in [1.82, 2.24) is 25.6 Å². The van der Waals surface area contributed by atoms with E-state index in [9.17, 15) is 9.90 Å². The molecule has 1 aromatic heterocycles. The van der Waals surface area contributed by atoms with E-state index in [2.05, 4.69) is 20.9 Å². The molecule has 1 aliphatic heterocycles. The number of piperidine rings is 1. The lowest BCUT2D eigenvalue weighted by Gasteiger charge is -2.23. The Morgan fingerprint density at radius 3 is 2.80 bits per heavy atom. The zero-order valence-electron chi connectivity index (χ0n) is 14.5. The summed E-state index contributed by atoms with van der Waals surface area (Å²) >= 11 is 0. The average molecular weight is 343 g/mol. The van der Waals surface area contributed by atoms with Crippen molar-refractivity contribution in [2.45, 2.75) is 38.3 Å². The van der Waals surface area contributed by atoms with Crippen LogP contribution in [0.1, 0.15) is 53.2 Å². The van der Waals surface area contributed by atoms with E-state index in [1.807, 2.05) is 41.9 Å². The molecule has 0 bridgehead atoms. The number of amides is 1. The summed E-state index contributed by atoms with van der Waals surface area (Å²) in [6.07, 6.45) is 1.85. The Balaban J connectivity index is 1.54. The summed E-state index contributed by atoms with van der Waals surface area (Å²) in [6.45, 7) is 4.19. The van der Waals surface area contributed by atoms with E-state index in [1.165, 1.54) is 0 Å². The molecule has 1 unspecified atom stereocenters. The molecule has 3 N–H and O–H groups in total. The molecular formula is C18H25N5O2. The minimum absolute atomic E-state index is 0.238. The second kappa shape index (κ2) is 8.22. The highest BCUT2D eigenvalue weighted by molar-refractivity contribution is 5.93. The first-order valence-corrected chi connectivity index (χ1v) is 8.80. The molecule has 1 aliphatic rings.